The number of allylic oxidation sites excluding steroid dienone is 1. The van der Waals surface area contributed by atoms with Crippen LogP contribution < -0.4 is 11.1 Å². The number of amides is 2. The Balaban J connectivity index is 1.51. The normalized spacial score (nSPS) is 24.4. The summed E-state index contributed by atoms with van der Waals surface area (Å²) in [6, 6.07) is 9.28. The minimum atomic E-state index is -2.69. The fraction of sp³-hybridized carbons (Fsp3) is 0.394. The molecule has 3 aliphatic rings. The smallest absolute Gasteiger partial charge is 0.407 e. The van der Waals surface area contributed by atoms with Gasteiger partial charge in [0.25, 0.3) is 5.91 Å². The highest BCUT2D eigenvalue weighted by Gasteiger charge is 2.63. The van der Waals surface area contributed by atoms with Crippen LogP contribution in [0.5, 0.6) is 5.75 Å². The molecule has 2 aromatic rings. The molecule has 0 bridgehead atoms. The van der Waals surface area contributed by atoms with Gasteiger partial charge in [-0.25, -0.2) is 4.79 Å². The number of likely N-dealkylation sites (N-methyl/N-ethyl adjacent to an activating group) is 1. The number of hydrogen-bond acceptors (Lipinski definition) is 10. The van der Waals surface area contributed by atoms with Gasteiger partial charge in [0.2, 0.25) is 5.78 Å². The summed E-state index contributed by atoms with van der Waals surface area (Å²) in [6.07, 6.45) is -0.349. The van der Waals surface area contributed by atoms with Crippen molar-refractivity contribution >= 4 is 23.6 Å². The number of phenolic OH excluding ortho intramolecular Hbond substituents is 1. The van der Waals surface area contributed by atoms with Crippen LogP contribution in [0, 0.1) is 17.8 Å². The first-order valence-corrected chi connectivity index (χ1v) is 14.7. The van der Waals surface area contributed by atoms with E-state index in [9.17, 15) is 39.6 Å². The predicted octanol–water partition coefficient (Wildman–Crippen LogP) is 2.67. The van der Waals surface area contributed by atoms with Gasteiger partial charge in [-0.1, -0.05) is 44.2 Å². The number of phenols is 1. The number of hydrogen-bond donors (Lipinski definition) is 6. The van der Waals surface area contributed by atoms with Gasteiger partial charge in [-0.3, -0.25) is 19.3 Å². The summed E-state index contributed by atoms with van der Waals surface area (Å²) < 4.78 is 5.14. The van der Waals surface area contributed by atoms with Crippen molar-refractivity contribution in [2.24, 2.45) is 23.5 Å². The van der Waals surface area contributed by atoms with Gasteiger partial charge in [0.15, 0.2) is 11.4 Å². The molecule has 0 saturated carbocycles. The molecule has 0 radical (unpaired) electrons. The first-order chi connectivity index (χ1) is 21.2. The molecule has 2 aromatic carbocycles. The first-order valence-electron chi connectivity index (χ1n) is 14.7. The fourth-order valence-electron chi connectivity index (χ4n) is 6.79. The van der Waals surface area contributed by atoms with Crippen molar-refractivity contribution in [2.75, 3.05) is 20.7 Å². The highest BCUT2D eigenvalue weighted by atomic mass is 16.5. The molecule has 0 unspecified atom stereocenters. The molecule has 45 heavy (non-hydrogen) atoms. The van der Waals surface area contributed by atoms with Crippen LogP contribution in [-0.4, -0.2) is 81.2 Å². The molecule has 12 heteroatoms. The van der Waals surface area contributed by atoms with E-state index in [2.05, 4.69) is 5.32 Å². The summed E-state index contributed by atoms with van der Waals surface area (Å²) >= 11 is 0. The second kappa shape index (κ2) is 11.7. The van der Waals surface area contributed by atoms with Gasteiger partial charge < -0.3 is 36.2 Å². The minimum Gasteiger partial charge on any atom is -0.510 e. The van der Waals surface area contributed by atoms with Gasteiger partial charge in [-0.2, -0.15) is 0 Å². The number of carbonyl (C=O) groups excluding carboxylic acids is 4. The number of nitrogens with zero attached hydrogens (tertiary/aromatic N) is 1. The number of nitrogens with one attached hydrogen (secondary N) is 1. The van der Waals surface area contributed by atoms with Gasteiger partial charge in [0.1, 0.15) is 22.8 Å². The molecule has 0 aliphatic heterocycles. The molecule has 5 rings (SSSR count). The molecule has 7 N–H and O–H groups in total. The van der Waals surface area contributed by atoms with Crippen LogP contribution in [0.3, 0.4) is 0 Å². The number of Topliss-reactive ketones (excluding diaryl/α,β-unsaturated/α-hetero) is 2. The van der Waals surface area contributed by atoms with E-state index in [0.717, 1.165) is 11.1 Å². The summed E-state index contributed by atoms with van der Waals surface area (Å²) in [5, 5.41) is 47.7. The third kappa shape index (κ3) is 5.23. The van der Waals surface area contributed by atoms with Crippen LogP contribution in [0.25, 0.3) is 11.1 Å². The summed E-state index contributed by atoms with van der Waals surface area (Å²) in [4.78, 5) is 53.0. The van der Waals surface area contributed by atoms with E-state index < -0.39 is 64.1 Å². The Labute approximate surface area is 259 Å². The number of aromatic hydroxyl groups is 1. The fourth-order valence-corrected chi connectivity index (χ4v) is 6.79. The van der Waals surface area contributed by atoms with Crippen LogP contribution in [0.2, 0.25) is 0 Å². The molecule has 3 aliphatic carbocycles. The van der Waals surface area contributed by atoms with Gasteiger partial charge in [-0.15, -0.1) is 0 Å². The molecule has 12 nitrogen and oxygen atoms in total. The van der Waals surface area contributed by atoms with E-state index in [4.69, 9.17) is 10.5 Å². The van der Waals surface area contributed by atoms with E-state index in [1.165, 1.54) is 11.0 Å². The quantitative estimate of drug-likeness (QED) is 0.250. The Kier molecular flexibility index (Phi) is 8.23. The number of ether oxygens (including phenoxy) is 1. The molecule has 2 amide bonds. The number of fused-ring (bicyclic) bond motifs is 3. The van der Waals surface area contributed by atoms with Crippen molar-refractivity contribution in [1.29, 1.82) is 0 Å². The van der Waals surface area contributed by atoms with Crippen LogP contribution in [0.4, 0.5) is 4.79 Å². The number of ketones is 2. The van der Waals surface area contributed by atoms with Gasteiger partial charge in [-0.05, 0) is 67.1 Å². The number of primary amides is 1. The average molecular weight is 620 g/mol. The molecular weight excluding hydrogens is 582 g/mol. The summed E-state index contributed by atoms with van der Waals surface area (Å²) in [5.41, 5.74) is 4.30. The van der Waals surface area contributed by atoms with Gasteiger partial charge in [0, 0.05) is 18.0 Å². The molecule has 238 valence electrons. The van der Waals surface area contributed by atoms with Crippen molar-refractivity contribution in [3.05, 3.63) is 75.8 Å². The largest absolute Gasteiger partial charge is 0.510 e. The van der Waals surface area contributed by atoms with Crippen molar-refractivity contribution < 1.29 is 44.3 Å². The average Bonchev–Trinajstić information content (AvgIpc) is 2.97. The summed E-state index contributed by atoms with van der Waals surface area (Å²) in [5.74, 6) is -6.73. The van der Waals surface area contributed by atoms with Gasteiger partial charge in [0.05, 0.1) is 18.2 Å². The van der Waals surface area contributed by atoms with E-state index in [1.54, 1.807) is 20.2 Å². The third-order valence-electron chi connectivity index (χ3n) is 8.86. The maximum Gasteiger partial charge on any atom is 0.407 e. The minimum absolute atomic E-state index is 0.00161. The lowest BCUT2D eigenvalue weighted by molar-refractivity contribution is -0.148. The van der Waals surface area contributed by atoms with Crippen LogP contribution in [-0.2, 0) is 27.3 Å². The molecular formula is C33H37N3O9. The Morgan fingerprint density at radius 2 is 1.76 bits per heavy atom. The van der Waals surface area contributed by atoms with Crippen LogP contribution in [0.15, 0.2) is 59.1 Å². The highest BCUT2D eigenvalue weighted by Crippen LogP contribution is 2.53. The van der Waals surface area contributed by atoms with Crippen molar-refractivity contribution in [3.8, 4) is 16.9 Å². The maximum absolute atomic E-state index is 14.0. The Morgan fingerprint density at radius 1 is 1.09 bits per heavy atom. The lowest BCUT2D eigenvalue weighted by Crippen LogP contribution is -2.63. The number of aliphatic hydroxyl groups excluding tert-OH is 2. The summed E-state index contributed by atoms with van der Waals surface area (Å²) in [7, 11) is 3.16. The van der Waals surface area contributed by atoms with Crippen LogP contribution >= 0.6 is 0 Å². The zero-order valence-electron chi connectivity index (χ0n) is 25.5. The number of nitrogens with two attached hydrogens (primary N) is 1. The number of carbonyl (C=O) groups is 4. The van der Waals surface area contributed by atoms with E-state index in [-0.39, 0.29) is 42.2 Å². The molecule has 0 spiro atoms. The van der Waals surface area contributed by atoms with E-state index >= 15 is 0 Å². The summed E-state index contributed by atoms with van der Waals surface area (Å²) in [6.45, 7) is 4.43. The van der Waals surface area contributed by atoms with Gasteiger partial charge >= 0.3 is 6.09 Å². The predicted molar refractivity (Wildman–Crippen MR) is 162 cm³/mol. The first kappa shape index (κ1) is 31.7. The third-order valence-corrected chi connectivity index (χ3v) is 8.86. The lowest BCUT2D eigenvalue weighted by Gasteiger charge is -2.50. The van der Waals surface area contributed by atoms with Crippen LogP contribution in [0.1, 0.15) is 41.8 Å². The van der Waals surface area contributed by atoms with E-state index in [1.807, 2.05) is 38.1 Å². The Morgan fingerprint density at radius 3 is 2.36 bits per heavy atom. The van der Waals surface area contributed by atoms with E-state index in [0.29, 0.717) is 17.7 Å². The van der Waals surface area contributed by atoms with Crippen molar-refractivity contribution in [1.82, 2.24) is 10.2 Å². The molecule has 0 aromatic heterocycles. The number of alkyl carbamates (subject to hydrolysis) is 1. The monoisotopic (exact) mass is 619 g/mol. The molecule has 0 heterocycles. The molecule has 0 fully saturated rings. The SMILES string of the molecule is CC(C)COC(=O)NCc1ccc(-c2ccc(O)c3c2C[C@H]2C[C@H]4[C@H](N(C)C)C(O)=C(C(N)=O)C(=O)[C@@]4(O)C(O)=C2C3=O)cc1. The second-order valence-corrected chi connectivity index (χ2v) is 12.5. The zero-order valence-corrected chi connectivity index (χ0v) is 25.5. The number of aliphatic hydroxyl groups is 3. The lowest BCUT2D eigenvalue weighted by atomic mass is 9.58. The highest BCUT2D eigenvalue weighted by molar-refractivity contribution is 6.24. The maximum atomic E-state index is 14.0. The Bertz CT molecular complexity index is 1660. The zero-order chi connectivity index (χ0) is 33.0. The second-order valence-electron chi connectivity index (χ2n) is 12.5. The number of rotatable bonds is 7. The topological polar surface area (TPSA) is 200 Å². The standard InChI is InChI=1S/C33H37N3O9/c1-15(2)14-45-32(43)35-13-16-5-7-17(8-6-16)19-9-10-22(37)24-20(19)11-18-12-21-26(36(3)4)28(39)25(31(34)42)30(41)33(21,44)29(40)23(18)27(24)38/h5-10,15,18,21,26,37,39-40,44H,11-14H2,1-4H3,(H2,34,42)(H,35,43)/t18-,21-,26-,33-/m0/s1. The molecule has 0 saturated heterocycles. The molecule has 4 atom stereocenters. The van der Waals surface area contributed by atoms with Crippen molar-refractivity contribution in [2.45, 2.75) is 44.9 Å². The van der Waals surface area contributed by atoms with Crippen molar-refractivity contribution in [3.63, 3.8) is 0 Å². The Hall–Kier alpha value is -4.68. The number of benzene rings is 2.